The highest BCUT2D eigenvalue weighted by molar-refractivity contribution is 5.72. The molecule has 0 rings (SSSR count). The number of amides is 1. The van der Waals surface area contributed by atoms with Crippen LogP contribution in [0, 0.1) is 0 Å². The maximum atomic E-state index is 10.7. The Balaban J connectivity index is 3.02. The van der Waals surface area contributed by atoms with Crippen molar-refractivity contribution >= 4 is 12.2 Å². The minimum absolute atomic E-state index is 0.0620. The highest BCUT2D eigenvalue weighted by Crippen LogP contribution is 1.86. The van der Waals surface area contributed by atoms with Crippen molar-refractivity contribution in [2.45, 2.75) is 13.3 Å². The van der Waals surface area contributed by atoms with E-state index < -0.39 is 0 Å². The first-order valence-corrected chi connectivity index (χ1v) is 12.1. The van der Waals surface area contributed by atoms with E-state index >= 15 is 0 Å². The summed E-state index contributed by atoms with van der Waals surface area (Å²) >= 11 is 0. The summed E-state index contributed by atoms with van der Waals surface area (Å²) in [5.74, 6) is -0.0620. The van der Waals surface area contributed by atoms with Crippen LogP contribution in [-0.2, 0) is 52.2 Å². The smallest absolute Gasteiger partial charge is 0.216 e. The first kappa shape index (κ1) is 33.8. The van der Waals surface area contributed by atoms with Gasteiger partial charge in [-0.3, -0.25) is 4.79 Å². The van der Waals surface area contributed by atoms with Gasteiger partial charge in [-0.05, 0) is 0 Å². The first-order valence-electron chi connectivity index (χ1n) is 12.1. The molecule has 0 unspecified atom stereocenters. The molecule has 0 radical (unpaired) electrons. The average Bonchev–Trinajstić information content (AvgIpc) is 2.85. The van der Waals surface area contributed by atoms with Crippen LogP contribution < -0.4 is 5.32 Å². The molecule has 0 heterocycles. The van der Waals surface area contributed by atoms with Crippen LogP contribution in [0.15, 0.2) is 0 Å². The molecule has 0 aromatic carbocycles. The van der Waals surface area contributed by atoms with E-state index in [1.165, 1.54) is 6.92 Å². The van der Waals surface area contributed by atoms with Crippen molar-refractivity contribution in [3.63, 3.8) is 0 Å². The molecule has 12 heteroatoms. The fraction of sp³-hybridized carbons (Fsp3) is 0.913. The normalized spacial score (nSPS) is 11.1. The summed E-state index contributed by atoms with van der Waals surface area (Å²) in [5.41, 5.74) is 0. The largest absolute Gasteiger partial charge is 0.379 e. The van der Waals surface area contributed by atoms with Crippen molar-refractivity contribution in [2.24, 2.45) is 0 Å². The third kappa shape index (κ3) is 32.8. The molecule has 1 amide bonds. The zero-order valence-corrected chi connectivity index (χ0v) is 21.2. The van der Waals surface area contributed by atoms with Gasteiger partial charge in [0.15, 0.2) is 0 Å². The van der Waals surface area contributed by atoms with E-state index in [0.29, 0.717) is 132 Å². The fourth-order valence-corrected chi connectivity index (χ4v) is 2.29. The Morgan fingerprint density at radius 1 is 0.486 bits per heavy atom. The van der Waals surface area contributed by atoms with Crippen molar-refractivity contribution in [1.29, 1.82) is 0 Å². The zero-order valence-electron chi connectivity index (χ0n) is 21.2. The van der Waals surface area contributed by atoms with Crippen molar-refractivity contribution in [3.05, 3.63) is 0 Å². The van der Waals surface area contributed by atoms with Crippen molar-refractivity contribution < 1.29 is 52.2 Å². The molecule has 12 nitrogen and oxygen atoms in total. The summed E-state index contributed by atoms with van der Waals surface area (Å²) in [4.78, 5) is 20.8. The molecule has 0 aliphatic heterocycles. The van der Waals surface area contributed by atoms with E-state index in [2.05, 4.69) is 5.32 Å². The molecule has 0 atom stereocenters. The fourth-order valence-electron chi connectivity index (χ4n) is 2.29. The molecule has 0 aliphatic rings. The van der Waals surface area contributed by atoms with Crippen LogP contribution in [0.3, 0.4) is 0 Å². The Morgan fingerprint density at radius 2 is 0.743 bits per heavy atom. The average molecular weight is 512 g/mol. The molecular weight excluding hydrogens is 466 g/mol. The zero-order chi connectivity index (χ0) is 25.5. The molecule has 0 aliphatic carbocycles. The molecule has 0 saturated heterocycles. The molecule has 0 spiro atoms. The van der Waals surface area contributed by atoms with Gasteiger partial charge in [-0.15, -0.1) is 0 Å². The van der Waals surface area contributed by atoms with Gasteiger partial charge in [-0.25, -0.2) is 0 Å². The Hall–Kier alpha value is -1.22. The molecule has 0 saturated carbocycles. The third-order valence-electron chi connectivity index (χ3n) is 3.98. The summed E-state index contributed by atoms with van der Waals surface area (Å²) in [6, 6.07) is 0. The van der Waals surface area contributed by atoms with Crippen LogP contribution in [0.5, 0.6) is 0 Å². The SMILES string of the molecule is CC(=O)NCCOCCOCCOCCOCCOCCOCCOCCOCCOCCC=O. The van der Waals surface area contributed by atoms with Gasteiger partial charge in [0.25, 0.3) is 0 Å². The number of hydrogen-bond acceptors (Lipinski definition) is 11. The topological polar surface area (TPSA) is 129 Å². The summed E-state index contributed by atoms with van der Waals surface area (Å²) in [6.07, 6.45) is 1.24. The van der Waals surface area contributed by atoms with E-state index in [4.69, 9.17) is 42.6 Å². The van der Waals surface area contributed by atoms with Crippen molar-refractivity contribution in [2.75, 3.05) is 125 Å². The van der Waals surface area contributed by atoms with Crippen LogP contribution in [0.1, 0.15) is 13.3 Å². The minimum Gasteiger partial charge on any atom is -0.379 e. The molecule has 1 N–H and O–H groups in total. The number of aldehydes is 1. The number of ether oxygens (including phenoxy) is 9. The standard InChI is InChI=1S/C23H45NO11/c1-23(26)24-3-6-28-8-10-30-12-14-32-16-18-34-20-22-35-21-19-33-17-15-31-13-11-29-9-7-27-5-2-4-25/h4H,2-3,5-22H2,1H3,(H,24,26). The predicted molar refractivity (Wildman–Crippen MR) is 127 cm³/mol. The number of nitrogens with one attached hydrogen (secondary N) is 1. The van der Waals surface area contributed by atoms with Gasteiger partial charge in [0.05, 0.1) is 119 Å². The van der Waals surface area contributed by atoms with E-state index in [-0.39, 0.29) is 5.91 Å². The summed E-state index contributed by atoms with van der Waals surface area (Å²) < 4.78 is 48.2. The molecule has 0 aromatic rings. The second-order valence-corrected chi connectivity index (χ2v) is 6.95. The van der Waals surface area contributed by atoms with Gasteiger partial charge in [0.2, 0.25) is 5.91 Å². The molecule has 0 bridgehead atoms. The molecule has 208 valence electrons. The summed E-state index contributed by atoms with van der Waals surface area (Å²) in [7, 11) is 0. The van der Waals surface area contributed by atoms with Crippen molar-refractivity contribution in [3.8, 4) is 0 Å². The second kappa shape index (κ2) is 30.8. The van der Waals surface area contributed by atoms with E-state index in [1.807, 2.05) is 0 Å². The lowest BCUT2D eigenvalue weighted by Crippen LogP contribution is -2.25. The lowest BCUT2D eigenvalue weighted by molar-refractivity contribution is -0.119. The van der Waals surface area contributed by atoms with Crippen LogP contribution >= 0.6 is 0 Å². The predicted octanol–water partition coefficient (Wildman–Crippen LogP) is -0.139. The van der Waals surface area contributed by atoms with Crippen LogP contribution in [-0.4, -0.2) is 138 Å². The monoisotopic (exact) mass is 511 g/mol. The number of rotatable bonds is 30. The lowest BCUT2D eigenvalue weighted by Gasteiger charge is -2.09. The van der Waals surface area contributed by atoms with E-state index in [9.17, 15) is 9.59 Å². The van der Waals surface area contributed by atoms with Gasteiger partial charge < -0.3 is 52.7 Å². The Bertz CT molecular complexity index is 444. The van der Waals surface area contributed by atoms with Gasteiger partial charge in [-0.1, -0.05) is 0 Å². The molecule has 0 fully saturated rings. The Labute approximate surface area is 209 Å². The minimum atomic E-state index is -0.0620. The van der Waals surface area contributed by atoms with Gasteiger partial charge >= 0.3 is 0 Å². The van der Waals surface area contributed by atoms with Crippen LogP contribution in [0.4, 0.5) is 0 Å². The third-order valence-corrected chi connectivity index (χ3v) is 3.98. The van der Waals surface area contributed by atoms with Crippen molar-refractivity contribution in [1.82, 2.24) is 5.32 Å². The van der Waals surface area contributed by atoms with E-state index in [0.717, 1.165) is 6.29 Å². The molecule has 0 aromatic heterocycles. The second-order valence-electron chi connectivity index (χ2n) is 6.95. The molecular formula is C23H45NO11. The quantitative estimate of drug-likeness (QED) is 0.102. The Morgan fingerprint density at radius 3 is 1.00 bits per heavy atom. The van der Waals surface area contributed by atoms with Gasteiger partial charge in [-0.2, -0.15) is 0 Å². The van der Waals surface area contributed by atoms with Gasteiger partial charge in [0, 0.05) is 19.9 Å². The lowest BCUT2D eigenvalue weighted by atomic mass is 10.5. The highest BCUT2D eigenvalue weighted by Gasteiger charge is 1.96. The number of hydrogen-bond donors (Lipinski definition) is 1. The van der Waals surface area contributed by atoms with E-state index in [1.54, 1.807) is 0 Å². The maximum absolute atomic E-state index is 10.7. The summed E-state index contributed by atoms with van der Waals surface area (Å²) in [6.45, 7) is 10.8. The molecule has 35 heavy (non-hydrogen) atoms. The van der Waals surface area contributed by atoms with Crippen LogP contribution in [0.2, 0.25) is 0 Å². The Kier molecular flexibility index (Phi) is 29.7. The maximum Gasteiger partial charge on any atom is 0.216 e. The number of carbonyl (C=O) groups excluding carboxylic acids is 2. The highest BCUT2D eigenvalue weighted by atomic mass is 16.6. The summed E-state index contributed by atoms with van der Waals surface area (Å²) in [5, 5.41) is 2.65. The van der Waals surface area contributed by atoms with Gasteiger partial charge in [0.1, 0.15) is 6.29 Å². The van der Waals surface area contributed by atoms with Crippen LogP contribution in [0.25, 0.3) is 0 Å². The number of carbonyl (C=O) groups is 2. The first-order chi connectivity index (χ1) is 17.3.